The maximum Gasteiger partial charge on any atom is 0.339 e. The largest absolute Gasteiger partial charge is 0.495 e. The number of fused-ring (bicyclic) bond motifs is 3. The van der Waals surface area contributed by atoms with Crippen molar-refractivity contribution in [1.82, 2.24) is 4.90 Å². The fraction of sp³-hybridized carbons (Fsp3) is 0.303. The lowest BCUT2D eigenvalue weighted by Gasteiger charge is -2.33. The third kappa shape index (κ3) is 7.11. The Morgan fingerprint density at radius 3 is 2.13 bits per heavy atom. The van der Waals surface area contributed by atoms with Gasteiger partial charge in [-0.3, -0.25) is 0 Å². The molecule has 3 aromatic rings. The first kappa shape index (κ1) is 30.0. The van der Waals surface area contributed by atoms with E-state index < -0.39 is 5.97 Å². The lowest BCUT2D eigenvalue weighted by atomic mass is 9.92. The van der Waals surface area contributed by atoms with Crippen LogP contribution >= 0.6 is 12.4 Å². The summed E-state index contributed by atoms with van der Waals surface area (Å²) in [5.41, 5.74) is 7.45. The molecule has 5 nitrogen and oxygen atoms in total. The molecule has 0 amide bonds. The summed E-state index contributed by atoms with van der Waals surface area (Å²) in [6, 6.07) is 20.5. The van der Waals surface area contributed by atoms with Crippen molar-refractivity contribution >= 4 is 36.1 Å². The average molecular weight is 548 g/mol. The summed E-state index contributed by atoms with van der Waals surface area (Å²) in [5, 5.41) is 9.08. The minimum Gasteiger partial charge on any atom is -0.495 e. The van der Waals surface area contributed by atoms with Crippen molar-refractivity contribution in [3.8, 4) is 11.5 Å². The van der Waals surface area contributed by atoms with Crippen molar-refractivity contribution in [3.05, 3.63) is 100 Å². The van der Waals surface area contributed by atoms with Gasteiger partial charge in [-0.15, -0.1) is 12.4 Å². The number of methoxy groups -OCH3 is 1. The Balaban J connectivity index is 0.000000215. The number of ether oxygens (including phenoxy) is 2. The van der Waals surface area contributed by atoms with Gasteiger partial charge in [-0.1, -0.05) is 66.8 Å². The monoisotopic (exact) mass is 547 g/mol. The van der Waals surface area contributed by atoms with Crippen LogP contribution in [0.2, 0.25) is 0 Å². The van der Waals surface area contributed by atoms with E-state index in [4.69, 9.17) is 14.6 Å². The van der Waals surface area contributed by atoms with E-state index in [0.717, 1.165) is 37.1 Å². The van der Waals surface area contributed by atoms with Crippen LogP contribution < -0.4 is 9.47 Å². The zero-order chi connectivity index (χ0) is 27.3. The number of benzene rings is 3. The quantitative estimate of drug-likeness (QED) is 0.281. The van der Waals surface area contributed by atoms with Crippen molar-refractivity contribution < 1.29 is 19.4 Å². The molecule has 0 radical (unpaired) electrons. The maximum atomic E-state index is 11.1. The molecule has 206 valence electrons. The smallest absolute Gasteiger partial charge is 0.339 e. The Labute approximate surface area is 238 Å². The first-order valence-electron chi connectivity index (χ1n) is 13.0. The van der Waals surface area contributed by atoms with Crippen LogP contribution in [0, 0.1) is 0 Å². The fourth-order valence-electron chi connectivity index (χ4n) is 4.91. The van der Waals surface area contributed by atoms with E-state index in [2.05, 4.69) is 85.8 Å². The van der Waals surface area contributed by atoms with Gasteiger partial charge in [-0.25, -0.2) is 4.79 Å². The third-order valence-electron chi connectivity index (χ3n) is 6.88. The van der Waals surface area contributed by atoms with Gasteiger partial charge in [0.05, 0.1) is 7.11 Å². The summed E-state index contributed by atoms with van der Waals surface area (Å²) in [6.45, 7) is 5.11. The lowest BCUT2D eigenvalue weighted by molar-refractivity contribution is 0.0690. The molecular formula is C33H38ClNO4. The molecule has 39 heavy (non-hydrogen) atoms. The lowest BCUT2D eigenvalue weighted by Crippen LogP contribution is -2.32. The summed E-state index contributed by atoms with van der Waals surface area (Å²) < 4.78 is 11.0. The van der Waals surface area contributed by atoms with Crippen LogP contribution in [0.25, 0.3) is 17.7 Å². The Hall–Kier alpha value is -3.54. The molecule has 1 aliphatic carbocycles. The van der Waals surface area contributed by atoms with Gasteiger partial charge in [0.2, 0.25) is 0 Å². The van der Waals surface area contributed by atoms with Crippen molar-refractivity contribution in [2.45, 2.75) is 38.7 Å². The van der Waals surface area contributed by atoms with Gasteiger partial charge in [0, 0.05) is 12.1 Å². The topological polar surface area (TPSA) is 59.0 Å². The number of carboxylic acids is 1. The number of halogens is 1. The normalized spacial score (nSPS) is 14.3. The van der Waals surface area contributed by atoms with Crippen LogP contribution in [0.15, 0.2) is 66.7 Å². The minimum atomic E-state index is -0.977. The molecule has 1 aliphatic heterocycles. The van der Waals surface area contributed by atoms with Crippen molar-refractivity contribution in [1.29, 1.82) is 0 Å². The Morgan fingerprint density at radius 2 is 1.59 bits per heavy atom. The highest BCUT2D eigenvalue weighted by Gasteiger charge is 2.30. The van der Waals surface area contributed by atoms with E-state index in [9.17, 15) is 4.79 Å². The number of hydrogen-bond acceptors (Lipinski definition) is 4. The third-order valence-corrected chi connectivity index (χ3v) is 6.88. The molecule has 0 saturated carbocycles. The molecule has 0 unspecified atom stereocenters. The number of carbonyl (C=O) groups is 1. The first-order valence-corrected chi connectivity index (χ1v) is 13.0. The highest BCUT2D eigenvalue weighted by atomic mass is 35.5. The SMILES string of the molecule is CN(C)CCC=C1c2ccccc2C=Cc2ccccc21.COc1c(C(=O)O)ccc2c1CCC(C)(C)O2.Cl. The molecular weight excluding hydrogens is 510 g/mol. The Morgan fingerprint density at radius 1 is 1.00 bits per heavy atom. The zero-order valence-electron chi connectivity index (χ0n) is 23.4. The van der Waals surface area contributed by atoms with Crippen molar-refractivity contribution in [2.24, 2.45) is 0 Å². The van der Waals surface area contributed by atoms with Gasteiger partial charge in [0.15, 0.2) is 0 Å². The predicted molar refractivity (Wildman–Crippen MR) is 162 cm³/mol. The minimum absolute atomic E-state index is 0. The van der Waals surface area contributed by atoms with E-state index in [-0.39, 0.29) is 23.6 Å². The number of carboxylic acid groups (broad SMARTS) is 1. The van der Waals surface area contributed by atoms with Gasteiger partial charge in [0.1, 0.15) is 22.7 Å². The van der Waals surface area contributed by atoms with Crippen LogP contribution in [0.4, 0.5) is 0 Å². The molecule has 0 bridgehead atoms. The van der Waals surface area contributed by atoms with Gasteiger partial charge in [0.25, 0.3) is 0 Å². The van der Waals surface area contributed by atoms with Crippen LogP contribution in [-0.4, -0.2) is 49.3 Å². The number of aromatic carboxylic acids is 1. The number of nitrogens with zero attached hydrogens (tertiary/aromatic N) is 1. The molecule has 1 heterocycles. The van der Waals surface area contributed by atoms with E-state index in [0.29, 0.717) is 5.75 Å². The molecule has 0 fully saturated rings. The summed E-state index contributed by atoms with van der Waals surface area (Å²) in [7, 11) is 5.73. The van der Waals surface area contributed by atoms with Crippen molar-refractivity contribution in [3.63, 3.8) is 0 Å². The molecule has 3 aromatic carbocycles. The Kier molecular flexibility index (Phi) is 10.0. The van der Waals surface area contributed by atoms with Gasteiger partial charge >= 0.3 is 5.97 Å². The van der Waals surface area contributed by atoms with Gasteiger partial charge < -0.3 is 19.5 Å². The highest BCUT2D eigenvalue weighted by molar-refractivity contribution is 5.94. The molecule has 6 heteroatoms. The second kappa shape index (κ2) is 13.0. The summed E-state index contributed by atoms with van der Waals surface area (Å²) in [6.07, 6.45) is 9.50. The Bertz CT molecular complexity index is 1320. The van der Waals surface area contributed by atoms with E-state index in [1.807, 2.05) is 13.8 Å². The second-order valence-electron chi connectivity index (χ2n) is 10.5. The maximum absolute atomic E-state index is 11.1. The average Bonchev–Trinajstić information content (AvgIpc) is 3.04. The predicted octanol–water partition coefficient (Wildman–Crippen LogP) is 7.47. The van der Waals surface area contributed by atoms with Gasteiger partial charge in [-0.2, -0.15) is 0 Å². The van der Waals surface area contributed by atoms with Crippen LogP contribution in [0.3, 0.4) is 0 Å². The summed E-state index contributed by atoms with van der Waals surface area (Å²) >= 11 is 0. The fourth-order valence-corrected chi connectivity index (χ4v) is 4.91. The zero-order valence-corrected chi connectivity index (χ0v) is 24.2. The highest BCUT2D eigenvalue weighted by Crippen LogP contribution is 2.40. The van der Waals surface area contributed by atoms with Crippen molar-refractivity contribution in [2.75, 3.05) is 27.7 Å². The standard InChI is InChI=1S/C20H21N.C13H16O4.ClH/c1-21(2)15-7-12-20-18-10-5-3-8-16(18)13-14-17-9-4-6-11-19(17)20;1-13(2)7-6-8-10(17-13)5-4-9(12(14)15)11(8)16-3;/h3-6,8-14H,7,15H2,1-2H3;4-5H,6-7H2,1-3H3,(H,14,15);1H. The molecule has 2 aliphatic rings. The molecule has 1 N–H and O–H groups in total. The van der Waals surface area contributed by atoms with Crippen LogP contribution in [0.1, 0.15) is 64.9 Å². The summed E-state index contributed by atoms with van der Waals surface area (Å²) in [5.74, 6) is 0.170. The first-order chi connectivity index (χ1) is 18.2. The van der Waals surface area contributed by atoms with E-state index >= 15 is 0 Å². The van der Waals surface area contributed by atoms with Gasteiger partial charge in [-0.05, 0) is 87.2 Å². The van der Waals surface area contributed by atoms with E-state index in [1.165, 1.54) is 41.0 Å². The molecule has 0 saturated heterocycles. The molecule has 5 rings (SSSR count). The second-order valence-corrected chi connectivity index (χ2v) is 10.5. The van der Waals surface area contributed by atoms with Crippen LogP contribution in [-0.2, 0) is 6.42 Å². The van der Waals surface area contributed by atoms with E-state index in [1.54, 1.807) is 6.07 Å². The molecule has 0 spiro atoms. The van der Waals surface area contributed by atoms with Crippen LogP contribution in [0.5, 0.6) is 11.5 Å². The number of hydrogen-bond donors (Lipinski definition) is 1. The molecule has 0 atom stereocenters. The summed E-state index contributed by atoms with van der Waals surface area (Å²) in [4.78, 5) is 13.3. The number of rotatable bonds is 5. The molecule has 0 aromatic heterocycles.